The van der Waals surface area contributed by atoms with Gasteiger partial charge in [0.1, 0.15) is 0 Å². The molecule has 0 spiro atoms. The number of nitrogens with zero attached hydrogens (tertiary/aromatic N) is 3. The first-order chi connectivity index (χ1) is 12.0. The normalized spacial score (nSPS) is 22.5. The van der Waals surface area contributed by atoms with Gasteiger partial charge in [-0.3, -0.25) is 4.90 Å². The minimum absolute atomic E-state index is 0.239. The molecule has 3 rings (SSSR count). The van der Waals surface area contributed by atoms with E-state index in [9.17, 15) is 13.2 Å². The smallest absolute Gasteiger partial charge is 0.194 e. The van der Waals surface area contributed by atoms with Crippen molar-refractivity contribution in [1.29, 1.82) is 0 Å². The quantitative estimate of drug-likeness (QED) is 0.791. The van der Waals surface area contributed by atoms with Crippen LogP contribution in [0.2, 0.25) is 0 Å². The number of likely N-dealkylation sites (N-methyl/N-ethyl adjacent to an activating group) is 1. The maximum absolute atomic E-state index is 14.0. The van der Waals surface area contributed by atoms with E-state index in [0.29, 0.717) is 12.1 Å². The zero-order valence-corrected chi connectivity index (χ0v) is 14.8. The van der Waals surface area contributed by atoms with E-state index in [0.717, 1.165) is 58.3 Å². The summed E-state index contributed by atoms with van der Waals surface area (Å²) in [5.74, 6) is -3.58. The summed E-state index contributed by atoms with van der Waals surface area (Å²) in [5.41, 5.74) is 6.58. The van der Waals surface area contributed by atoms with E-state index in [-0.39, 0.29) is 18.2 Å². The monoisotopic (exact) mass is 356 g/mol. The molecule has 0 aromatic heterocycles. The molecule has 1 saturated heterocycles. The molecular formula is C18H27F3N4. The molecule has 2 aliphatic heterocycles. The maximum Gasteiger partial charge on any atom is 0.194 e. The summed E-state index contributed by atoms with van der Waals surface area (Å²) in [5, 5.41) is 0. The number of rotatable bonds is 6. The second-order valence-corrected chi connectivity index (χ2v) is 6.91. The van der Waals surface area contributed by atoms with Crippen LogP contribution in [0.1, 0.15) is 30.5 Å². The molecular weight excluding hydrogens is 329 g/mol. The van der Waals surface area contributed by atoms with Crippen molar-refractivity contribution >= 4 is 0 Å². The van der Waals surface area contributed by atoms with Crippen LogP contribution < -0.4 is 5.73 Å². The fourth-order valence-corrected chi connectivity index (χ4v) is 3.96. The standard InChI is InChI=1S/C18H27F3N4/c1-2-23-6-8-24(9-7-23)4-3-5-25-12-14-13(16(25)11-22)10-15(19)18(21)17(14)20/h10,16H,2-9,11-12,22H2,1H3. The number of benzene rings is 1. The van der Waals surface area contributed by atoms with E-state index in [1.807, 2.05) is 4.90 Å². The van der Waals surface area contributed by atoms with Gasteiger partial charge in [0, 0.05) is 57.4 Å². The molecule has 0 amide bonds. The third-order valence-corrected chi connectivity index (χ3v) is 5.51. The van der Waals surface area contributed by atoms with Crippen LogP contribution in [0.3, 0.4) is 0 Å². The van der Waals surface area contributed by atoms with Crippen LogP contribution in [-0.4, -0.2) is 67.1 Å². The van der Waals surface area contributed by atoms with Crippen molar-refractivity contribution in [3.63, 3.8) is 0 Å². The Morgan fingerprint density at radius 2 is 1.72 bits per heavy atom. The van der Waals surface area contributed by atoms with Gasteiger partial charge in [0.2, 0.25) is 0 Å². The van der Waals surface area contributed by atoms with Gasteiger partial charge in [-0.25, -0.2) is 13.2 Å². The summed E-state index contributed by atoms with van der Waals surface area (Å²) in [4.78, 5) is 6.91. The van der Waals surface area contributed by atoms with E-state index in [1.165, 1.54) is 0 Å². The Bertz CT molecular complexity index is 602. The highest BCUT2D eigenvalue weighted by Gasteiger charge is 2.33. The fourth-order valence-electron chi connectivity index (χ4n) is 3.96. The molecule has 0 aliphatic carbocycles. The summed E-state index contributed by atoms with van der Waals surface area (Å²) >= 11 is 0. The highest BCUT2D eigenvalue weighted by molar-refractivity contribution is 5.37. The number of piperazine rings is 1. The molecule has 2 heterocycles. The van der Waals surface area contributed by atoms with E-state index in [4.69, 9.17) is 5.73 Å². The van der Waals surface area contributed by atoms with Gasteiger partial charge in [-0.1, -0.05) is 6.92 Å². The number of hydrogen-bond donors (Lipinski definition) is 1. The van der Waals surface area contributed by atoms with Gasteiger partial charge in [-0.15, -0.1) is 0 Å². The van der Waals surface area contributed by atoms with Gasteiger partial charge in [-0.2, -0.15) is 0 Å². The lowest BCUT2D eigenvalue weighted by molar-refractivity contribution is 0.127. The van der Waals surface area contributed by atoms with Crippen LogP contribution in [0.5, 0.6) is 0 Å². The van der Waals surface area contributed by atoms with Crippen LogP contribution in [0, 0.1) is 17.5 Å². The first-order valence-corrected chi connectivity index (χ1v) is 9.10. The van der Waals surface area contributed by atoms with E-state index >= 15 is 0 Å². The van der Waals surface area contributed by atoms with Gasteiger partial charge >= 0.3 is 0 Å². The molecule has 2 N–H and O–H groups in total. The third-order valence-electron chi connectivity index (χ3n) is 5.51. The topological polar surface area (TPSA) is 35.7 Å². The second kappa shape index (κ2) is 8.03. The Kier molecular flexibility index (Phi) is 5.99. The van der Waals surface area contributed by atoms with Crippen molar-refractivity contribution in [3.8, 4) is 0 Å². The first kappa shape index (κ1) is 18.6. The molecule has 0 bridgehead atoms. The number of nitrogens with two attached hydrogens (primary N) is 1. The van der Waals surface area contributed by atoms with Crippen molar-refractivity contribution in [3.05, 3.63) is 34.6 Å². The SMILES string of the molecule is CCN1CCN(CCCN2Cc3c(cc(F)c(F)c3F)C2CN)CC1. The lowest BCUT2D eigenvalue weighted by Crippen LogP contribution is -2.46. The van der Waals surface area contributed by atoms with Crippen molar-refractivity contribution in [2.45, 2.75) is 25.9 Å². The zero-order chi connectivity index (χ0) is 18.0. The van der Waals surface area contributed by atoms with Gasteiger partial charge in [0.05, 0.1) is 0 Å². The Hall–Kier alpha value is -1.15. The van der Waals surface area contributed by atoms with Crippen LogP contribution >= 0.6 is 0 Å². The maximum atomic E-state index is 14.0. The van der Waals surface area contributed by atoms with E-state index in [2.05, 4.69) is 16.7 Å². The van der Waals surface area contributed by atoms with Gasteiger partial charge in [0.15, 0.2) is 17.5 Å². The molecule has 7 heteroatoms. The zero-order valence-electron chi connectivity index (χ0n) is 14.8. The van der Waals surface area contributed by atoms with Crippen LogP contribution in [-0.2, 0) is 6.54 Å². The van der Waals surface area contributed by atoms with Crippen molar-refractivity contribution < 1.29 is 13.2 Å². The second-order valence-electron chi connectivity index (χ2n) is 6.91. The Morgan fingerprint density at radius 3 is 2.36 bits per heavy atom. The lowest BCUT2D eigenvalue weighted by Gasteiger charge is -2.34. The Labute approximate surface area is 147 Å². The number of hydrogen-bond acceptors (Lipinski definition) is 4. The summed E-state index contributed by atoms with van der Waals surface area (Å²) in [7, 11) is 0. The summed E-state index contributed by atoms with van der Waals surface area (Å²) in [6.45, 7) is 9.90. The van der Waals surface area contributed by atoms with Crippen LogP contribution in [0.4, 0.5) is 13.2 Å². The lowest BCUT2D eigenvalue weighted by atomic mass is 10.0. The minimum atomic E-state index is -1.38. The predicted molar refractivity (Wildman–Crippen MR) is 91.7 cm³/mol. The molecule has 1 aromatic carbocycles. The molecule has 4 nitrogen and oxygen atoms in total. The largest absolute Gasteiger partial charge is 0.329 e. The predicted octanol–water partition coefficient (Wildman–Crippen LogP) is 1.95. The molecule has 2 aliphatic rings. The molecule has 0 radical (unpaired) electrons. The highest BCUT2D eigenvalue weighted by Crippen LogP contribution is 2.36. The average Bonchev–Trinajstić information content (AvgIpc) is 2.98. The molecule has 1 aromatic rings. The third kappa shape index (κ3) is 3.84. The minimum Gasteiger partial charge on any atom is -0.329 e. The van der Waals surface area contributed by atoms with Crippen molar-refractivity contribution in [2.75, 3.05) is 52.4 Å². The Balaban J connectivity index is 1.56. The highest BCUT2D eigenvalue weighted by atomic mass is 19.2. The summed E-state index contributed by atoms with van der Waals surface area (Å²) < 4.78 is 41.1. The fraction of sp³-hybridized carbons (Fsp3) is 0.667. The summed E-state index contributed by atoms with van der Waals surface area (Å²) in [6, 6.07) is 0.867. The number of fused-ring (bicyclic) bond motifs is 1. The van der Waals surface area contributed by atoms with Crippen molar-refractivity contribution in [1.82, 2.24) is 14.7 Å². The van der Waals surface area contributed by atoms with Gasteiger partial charge < -0.3 is 15.5 Å². The van der Waals surface area contributed by atoms with E-state index in [1.54, 1.807) is 0 Å². The molecule has 25 heavy (non-hydrogen) atoms. The molecule has 0 saturated carbocycles. The first-order valence-electron chi connectivity index (χ1n) is 9.10. The number of halogens is 3. The summed E-state index contributed by atoms with van der Waals surface area (Å²) in [6.07, 6.45) is 0.934. The van der Waals surface area contributed by atoms with Crippen LogP contribution in [0.25, 0.3) is 0 Å². The molecule has 1 atom stereocenters. The van der Waals surface area contributed by atoms with Crippen molar-refractivity contribution in [2.24, 2.45) is 5.73 Å². The van der Waals surface area contributed by atoms with E-state index < -0.39 is 17.5 Å². The van der Waals surface area contributed by atoms with Crippen LogP contribution in [0.15, 0.2) is 6.07 Å². The van der Waals surface area contributed by atoms with Gasteiger partial charge in [-0.05, 0) is 31.1 Å². The van der Waals surface area contributed by atoms with Gasteiger partial charge in [0.25, 0.3) is 0 Å². The molecule has 140 valence electrons. The Morgan fingerprint density at radius 1 is 1.04 bits per heavy atom. The molecule has 1 unspecified atom stereocenters. The average molecular weight is 356 g/mol. The molecule has 1 fully saturated rings.